The second kappa shape index (κ2) is 8.02. The molecule has 28 heavy (non-hydrogen) atoms. The van der Waals surface area contributed by atoms with Crippen LogP contribution >= 0.6 is 11.3 Å². The number of aryl methyl sites for hydroxylation is 1. The summed E-state index contributed by atoms with van der Waals surface area (Å²) in [5.74, 6) is 0.348. The molecule has 0 saturated carbocycles. The van der Waals surface area contributed by atoms with E-state index in [9.17, 15) is 9.18 Å². The van der Waals surface area contributed by atoms with E-state index in [1.54, 1.807) is 30.7 Å². The molecule has 1 aromatic carbocycles. The molecular weight excluding hydrogens is 377 g/mol. The molecule has 3 heterocycles. The number of rotatable bonds is 4. The molecule has 1 saturated heterocycles. The number of halogens is 1. The summed E-state index contributed by atoms with van der Waals surface area (Å²) in [4.78, 5) is 28.9. The molecule has 1 aliphatic heterocycles. The Balaban J connectivity index is 1.45. The highest BCUT2D eigenvalue weighted by molar-refractivity contribution is 7.16. The van der Waals surface area contributed by atoms with Crippen molar-refractivity contribution in [2.75, 3.05) is 23.3 Å². The highest BCUT2D eigenvalue weighted by Gasteiger charge is 2.27. The van der Waals surface area contributed by atoms with E-state index in [1.165, 1.54) is 23.5 Å². The number of benzene rings is 1. The fraction of sp³-hybridized carbons (Fsp3) is 0.300. The van der Waals surface area contributed by atoms with Gasteiger partial charge in [0.25, 0.3) is 0 Å². The van der Waals surface area contributed by atoms with Crippen LogP contribution in [-0.4, -0.2) is 33.9 Å². The van der Waals surface area contributed by atoms with E-state index in [0.29, 0.717) is 11.7 Å². The van der Waals surface area contributed by atoms with E-state index in [1.807, 2.05) is 6.92 Å². The Hall–Kier alpha value is -2.87. The van der Waals surface area contributed by atoms with Crippen molar-refractivity contribution >= 4 is 28.2 Å². The van der Waals surface area contributed by atoms with E-state index in [4.69, 9.17) is 0 Å². The third-order valence-corrected chi connectivity index (χ3v) is 5.70. The average molecular weight is 397 g/mol. The van der Waals surface area contributed by atoms with Crippen LogP contribution < -0.4 is 10.2 Å². The number of carbonyl (C=O) groups is 1. The Bertz CT molecular complexity index is 960. The van der Waals surface area contributed by atoms with E-state index in [-0.39, 0.29) is 17.6 Å². The van der Waals surface area contributed by atoms with Crippen LogP contribution in [0.1, 0.15) is 17.7 Å². The molecule has 3 aromatic rings. The van der Waals surface area contributed by atoms with Gasteiger partial charge in [-0.25, -0.2) is 14.4 Å². The van der Waals surface area contributed by atoms with Crippen LogP contribution in [0.15, 0.2) is 42.9 Å². The van der Waals surface area contributed by atoms with Crippen molar-refractivity contribution in [3.8, 4) is 11.3 Å². The van der Waals surface area contributed by atoms with Crippen molar-refractivity contribution < 1.29 is 9.18 Å². The molecule has 0 radical (unpaired) electrons. The lowest BCUT2D eigenvalue weighted by Crippen LogP contribution is -2.41. The van der Waals surface area contributed by atoms with Crippen LogP contribution in [0.4, 0.5) is 15.3 Å². The number of hydrogen-bond donors (Lipinski definition) is 1. The average Bonchev–Trinajstić information content (AvgIpc) is 3.09. The molecule has 0 spiro atoms. The van der Waals surface area contributed by atoms with Gasteiger partial charge >= 0.3 is 0 Å². The molecule has 8 heteroatoms. The predicted molar refractivity (Wildman–Crippen MR) is 108 cm³/mol. The standard InChI is InChI=1S/C20H20FN5OS/c1-13-18(14-4-6-16(21)7-5-14)24-20(28-13)25-19(27)15-3-2-10-26(12-15)17-11-22-8-9-23-17/h4-9,11,15H,2-3,10,12H2,1H3,(H,24,25,27). The van der Waals surface area contributed by atoms with E-state index in [2.05, 4.69) is 25.2 Å². The van der Waals surface area contributed by atoms with Crippen molar-refractivity contribution in [3.05, 3.63) is 53.6 Å². The monoisotopic (exact) mass is 397 g/mol. The number of carbonyl (C=O) groups excluding carboxylic acids is 1. The topological polar surface area (TPSA) is 71.0 Å². The van der Waals surface area contributed by atoms with Crippen molar-refractivity contribution in [3.63, 3.8) is 0 Å². The maximum Gasteiger partial charge on any atom is 0.231 e. The van der Waals surface area contributed by atoms with E-state index in [0.717, 1.165) is 41.3 Å². The minimum absolute atomic E-state index is 0.0343. The zero-order valence-corrected chi connectivity index (χ0v) is 16.2. The van der Waals surface area contributed by atoms with Crippen molar-refractivity contribution in [2.45, 2.75) is 19.8 Å². The van der Waals surface area contributed by atoms with Crippen LogP contribution in [0.5, 0.6) is 0 Å². The molecule has 2 aromatic heterocycles. The van der Waals surface area contributed by atoms with Gasteiger partial charge in [-0.15, -0.1) is 11.3 Å². The second-order valence-electron chi connectivity index (χ2n) is 6.77. The third-order valence-electron chi connectivity index (χ3n) is 4.81. The molecular formula is C20H20FN5OS. The van der Waals surface area contributed by atoms with Crippen LogP contribution in [-0.2, 0) is 4.79 Å². The van der Waals surface area contributed by atoms with Gasteiger partial charge in [0.2, 0.25) is 5.91 Å². The number of piperidine rings is 1. The van der Waals surface area contributed by atoms with Gasteiger partial charge in [-0.1, -0.05) is 0 Å². The summed E-state index contributed by atoms with van der Waals surface area (Å²) >= 11 is 1.43. The quantitative estimate of drug-likeness (QED) is 0.723. The Morgan fingerprint density at radius 3 is 2.86 bits per heavy atom. The maximum absolute atomic E-state index is 13.2. The number of thiazole rings is 1. The van der Waals surface area contributed by atoms with E-state index >= 15 is 0 Å². The Morgan fingerprint density at radius 2 is 2.11 bits per heavy atom. The lowest BCUT2D eigenvalue weighted by Gasteiger charge is -2.32. The first-order chi connectivity index (χ1) is 13.6. The number of hydrogen-bond acceptors (Lipinski definition) is 6. The largest absolute Gasteiger partial charge is 0.355 e. The number of anilines is 2. The van der Waals surface area contributed by atoms with Crippen LogP contribution in [0.25, 0.3) is 11.3 Å². The van der Waals surface area contributed by atoms with Gasteiger partial charge in [0, 0.05) is 35.9 Å². The summed E-state index contributed by atoms with van der Waals surface area (Å²) < 4.78 is 13.2. The molecule has 1 fully saturated rings. The fourth-order valence-electron chi connectivity index (χ4n) is 3.39. The van der Waals surface area contributed by atoms with Gasteiger partial charge in [0.05, 0.1) is 17.8 Å². The molecule has 1 N–H and O–H groups in total. The number of amides is 1. The first kappa shape index (κ1) is 18.5. The summed E-state index contributed by atoms with van der Waals surface area (Å²) in [6.45, 7) is 3.43. The normalized spacial score (nSPS) is 16.8. The lowest BCUT2D eigenvalue weighted by atomic mass is 9.97. The Kier molecular flexibility index (Phi) is 5.29. The van der Waals surface area contributed by atoms with Crippen molar-refractivity contribution in [1.82, 2.24) is 15.0 Å². The molecule has 0 bridgehead atoms. The number of nitrogens with zero attached hydrogens (tertiary/aromatic N) is 4. The summed E-state index contributed by atoms with van der Waals surface area (Å²) in [6.07, 6.45) is 6.78. The first-order valence-electron chi connectivity index (χ1n) is 9.15. The highest BCUT2D eigenvalue weighted by Crippen LogP contribution is 2.31. The van der Waals surface area contributed by atoms with Gasteiger partial charge in [0.15, 0.2) is 5.13 Å². The SMILES string of the molecule is Cc1sc(NC(=O)C2CCCN(c3cnccn3)C2)nc1-c1ccc(F)cc1. The number of aromatic nitrogens is 3. The van der Waals surface area contributed by atoms with Crippen molar-refractivity contribution in [1.29, 1.82) is 0 Å². The maximum atomic E-state index is 13.2. The Morgan fingerprint density at radius 1 is 1.29 bits per heavy atom. The van der Waals surface area contributed by atoms with Crippen molar-refractivity contribution in [2.24, 2.45) is 5.92 Å². The second-order valence-corrected chi connectivity index (χ2v) is 7.97. The van der Waals surface area contributed by atoms with Gasteiger partial charge < -0.3 is 10.2 Å². The fourth-order valence-corrected chi connectivity index (χ4v) is 4.23. The summed E-state index contributed by atoms with van der Waals surface area (Å²) in [5.41, 5.74) is 1.60. The van der Waals surface area contributed by atoms with E-state index < -0.39 is 0 Å². The minimum Gasteiger partial charge on any atom is -0.355 e. The third kappa shape index (κ3) is 4.01. The predicted octanol–water partition coefficient (Wildman–Crippen LogP) is 3.90. The van der Waals surface area contributed by atoms with Crippen LogP contribution in [0.3, 0.4) is 0 Å². The molecule has 144 valence electrons. The first-order valence-corrected chi connectivity index (χ1v) is 9.97. The zero-order chi connectivity index (χ0) is 19.5. The smallest absolute Gasteiger partial charge is 0.231 e. The lowest BCUT2D eigenvalue weighted by molar-refractivity contribution is -0.120. The molecule has 1 atom stereocenters. The molecule has 1 amide bonds. The van der Waals surface area contributed by atoms with Gasteiger partial charge in [-0.2, -0.15) is 0 Å². The summed E-state index contributed by atoms with van der Waals surface area (Å²) in [7, 11) is 0. The zero-order valence-electron chi connectivity index (χ0n) is 15.4. The molecule has 6 nitrogen and oxygen atoms in total. The van der Waals surface area contributed by atoms with Gasteiger partial charge in [0.1, 0.15) is 11.6 Å². The highest BCUT2D eigenvalue weighted by atomic mass is 32.1. The van der Waals surface area contributed by atoms with Crippen LogP contribution in [0, 0.1) is 18.7 Å². The molecule has 1 aliphatic rings. The molecule has 4 rings (SSSR count). The van der Waals surface area contributed by atoms with Crippen LogP contribution in [0.2, 0.25) is 0 Å². The Labute approximate surface area is 166 Å². The van der Waals surface area contributed by atoms with Gasteiger partial charge in [-0.05, 0) is 44.0 Å². The minimum atomic E-state index is -0.282. The summed E-state index contributed by atoms with van der Waals surface area (Å²) in [6, 6.07) is 6.22. The number of nitrogens with one attached hydrogen (secondary N) is 1. The summed E-state index contributed by atoms with van der Waals surface area (Å²) in [5, 5.41) is 3.53. The van der Waals surface area contributed by atoms with Gasteiger partial charge in [-0.3, -0.25) is 9.78 Å². The molecule has 1 unspecified atom stereocenters. The molecule has 0 aliphatic carbocycles.